The number of nitrogens with two attached hydrogens (primary N) is 1. The Morgan fingerprint density at radius 2 is 0.627 bits per heavy atom. The van der Waals surface area contributed by atoms with Gasteiger partial charge < -0.3 is 20.1 Å². The van der Waals surface area contributed by atoms with E-state index in [1.54, 1.807) is 0 Å². The Morgan fingerprint density at radius 1 is 0.361 bits per heavy atom. The van der Waals surface area contributed by atoms with E-state index in [2.05, 4.69) is 196 Å². The highest BCUT2D eigenvalue weighted by Crippen LogP contribution is 2.43. The topological polar surface area (TPSA) is 134 Å². The van der Waals surface area contributed by atoms with Crippen molar-refractivity contribution in [3.63, 3.8) is 0 Å². The predicted octanol–water partition coefficient (Wildman–Crippen LogP) is 21.2. The normalized spacial score (nSPS) is 14.2. The monoisotopic (exact) mass is 1170 g/mol. The molecule has 0 spiro atoms. The van der Waals surface area contributed by atoms with Crippen LogP contribution in [-0.2, 0) is 32.7 Å². The van der Waals surface area contributed by atoms with Crippen molar-refractivity contribution in [2.45, 2.75) is 238 Å². The quantitative estimate of drug-likeness (QED) is 0.0264. The van der Waals surface area contributed by atoms with Gasteiger partial charge in [0.2, 0.25) is 0 Å². The third-order valence-electron chi connectivity index (χ3n) is 12.8. The molecule has 0 aromatic rings. The van der Waals surface area contributed by atoms with Gasteiger partial charge in [0.05, 0.1) is 13.2 Å². The van der Waals surface area contributed by atoms with Gasteiger partial charge in [-0.05, 0) is 135 Å². The minimum absolute atomic E-state index is 0.0395. The van der Waals surface area contributed by atoms with Gasteiger partial charge in [-0.15, -0.1) is 0 Å². The van der Waals surface area contributed by atoms with Crippen molar-refractivity contribution < 1.29 is 37.6 Å². The van der Waals surface area contributed by atoms with Gasteiger partial charge in [0.25, 0.3) is 0 Å². The highest BCUT2D eigenvalue weighted by Gasteiger charge is 2.26. The van der Waals surface area contributed by atoms with Crippen LogP contribution in [0.1, 0.15) is 232 Å². The number of ether oxygens (including phenoxy) is 2. The Labute approximate surface area is 507 Å². The molecule has 0 amide bonds. The van der Waals surface area contributed by atoms with Crippen LogP contribution in [0.15, 0.2) is 182 Å². The second kappa shape index (κ2) is 66.3. The lowest BCUT2D eigenvalue weighted by Gasteiger charge is -2.19. The summed E-state index contributed by atoms with van der Waals surface area (Å²) in [4.78, 5) is 35.3. The van der Waals surface area contributed by atoms with Crippen LogP contribution >= 0.6 is 7.82 Å². The molecule has 0 aromatic carbocycles. The van der Waals surface area contributed by atoms with E-state index in [1.807, 2.05) is 0 Å². The number of carbonyl (C=O) groups is 2. The van der Waals surface area contributed by atoms with Crippen molar-refractivity contribution in [1.82, 2.24) is 0 Å². The average Bonchev–Trinajstić information content (AvgIpc) is 3.48. The first-order valence-electron chi connectivity index (χ1n) is 32.3. The molecule has 0 aliphatic rings. The maximum atomic E-state index is 12.7. The number of rotatable bonds is 58. The van der Waals surface area contributed by atoms with Gasteiger partial charge in [0, 0.05) is 19.4 Å². The minimum atomic E-state index is -4.41. The van der Waals surface area contributed by atoms with E-state index in [-0.39, 0.29) is 32.6 Å². The van der Waals surface area contributed by atoms with Crippen LogP contribution in [-0.4, -0.2) is 49.3 Å². The molecule has 0 rings (SSSR count). The summed E-state index contributed by atoms with van der Waals surface area (Å²) >= 11 is 0. The molecule has 0 aromatic heterocycles. The largest absolute Gasteiger partial charge is 0.472 e. The van der Waals surface area contributed by atoms with Crippen LogP contribution in [0.25, 0.3) is 0 Å². The summed E-state index contributed by atoms with van der Waals surface area (Å²) in [7, 11) is -4.41. The van der Waals surface area contributed by atoms with Gasteiger partial charge >= 0.3 is 19.8 Å². The molecular formula is C73H116NO8P. The van der Waals surface area contributed by atoms with E-state index in [0.717, 1.165) is 161 Å². The molecule has 0 aliphatic heterocycles. The molecule has 0 saturated heterocycles. The lowest BCUT2D eigenvalue weighted by molar-refractivity contribution is -0.161. The second-order valence-electron chi connectivity index (χ2n) is 20.5. The zero-order chi connectivity index (χ0) is 60.1. The maximum Gasteiger partial charge on any atom is 0.472 e. The summed E-state index contributed by atoms with van der Waals surface area (Å²) in [5.74, 6) is -0.865. The van der Waals surface area contributed by atoms with Gasteiger partial charge in [0.15, 0.2) is 6.10 Å². The van der Waals surface area contributed by atoms with Crippen molar-refractivity contribution in [2.75, 3.05) is 26.4 Å². The number of carbonyl (C=O) groups excluding carboxylic acids is 2. The molecular weight excluding hydrogens is 1050 g/mol. The first-order valence-corrected chi connectivity index (χ1v) is 33.8. The minimum Gasteiger partial charge on any atom is -0.462 e. The number of hydrogen-bond acceptors (Lipinski definition) is 8. The Hall–Kier alpha value is -4.89. The van der Waals surface area contributed by atoms with Crippen molar-refractivity contribution in [3.8, 4) is 0 Å². The third-order valence-corrected chi connectivity index (χ3v) is 13.8. The molecule has 10 heteroatoms. The van der Waals surface area contributed by atoms with Crippen molar-refractivity contribution >= 4 is 19.8 Å². The SMILES string of the molecule is CC/C=C\C/C=C\C/C=C\C/C=C\C/C=C\C/C=C\C/C=C\C/C=C\CCCCCCCCC(=O)OC(COC(=O)CCCCCCCCCCC/C=C\C/C=C\C/C=C\C/C=C\C/C=C\C/C=C\C/C=C\CC)COP(=O)(O)OCCN. The van der Waals surface area contributed by atoms with Gasteiger partial charge in [-0.2, -0.15) is 0 Å². The van der Waals surface area contributed by atoms with E-state index >= 15 is 0 Å². The number of phosphoric acid groups is 1. The molecule has 466 valence electrons. The van der Waals surface area contributed by atoms with Gasteiger partial charge in [0.1, 0.15) is 6.61 Å². The van der Waals surface area contributed by atoms with E-state index in [1.165, 1.54) is 32.1 Å². The molecule has 83 heavy (non-hydrogen) atoms. The van der Waals surface area contributed by atoms with Crippen LogP contribution < -0.4 is 5.73 Å². The number of esters is 2. The highest BCUT2D eigenvalue weighted by molar-refractivity contribution is 7.47. The summed E-state index contributed by atoms with van der Waals surface area (Å²) in [5.41, 5.74) is 5.39. The van der Waals surface area contributed by atoms with Crippen LogP contribution in [0.4, 0.5) is 0 Å². The standard InChI is InChI=1S/C73H116NO8P/c1-3-5-7-9-11-13-15-17-19-21-23-25-27-29-31-33-35-37-39-41-43-45-47-49-51-53-55-57-59-61-63-65-72(75)79-69-71(70-81-83(77,78)80-68-67-74)82-73(76)66-64-62-60-58-56-54-52-50-48-46-44-42-40-38-36-34-32-30-28-26-24-22-20-18-16-14-12-10-8-6-4-2/h5-8,11-14,17-20,23-26,29-32,35-38,41-44,48,50,71H,3-4,9-10,15-16,21-22,27-28,33-34,39-40,45-47,49,51-70,74H2,1-2H3,(H,77,78)/b7-5-,8-6-,13-11-,14-12-,19-17-,20-18-,25-23-,26-24-,31-29-,32-30-,37-35-,38-36-,43-41-,44-42-,50-48-. The van der Waals surface area contributed by atoms with Gasteiger partial charge in [-0.25, -0.2) is 4.57 Å². The zero-order valence-electron chi connectivity index (χ0n) is 52.1. The Balaban J connectivity index is 4.06. The molecule has 0 saturated carbocycles. The van der Waals surface area contributed by atoms with Crippen LogP contribution in [0, 0.1) is 0 Å². The lowest BCUT2D eigenvalue weighted by Crippen LogP contribution is -2.29. The molecule has 9 nitrogen and oxygen atoms in total. The fourth-order valence-corrected chi connectivity index (χ4v) is 8.87. The predicted molar refractivity (Wildman–Crippen MR) is 357 cm³/mol. The summed E-state index contributed by atoms with van der Waals surface area (Å²) < 4.78 is 33.1. The molecule has 0 heterocycles. The Kier molecular flexibility index (Phi) is 62.3. The number of allylic oxidation sites excluding steroid dienone is 30. The fourth-order valence-electron chi connectivity index (χ4n) is 8.10. The van der Waals surface area contributed by atoms with E-state index < -0.39 is 32.5 Å². The van der Waals surface area contributed by atoms with Crippen molar-refractivity contribution in [3.05, 3.63) is 182 Å². The Morgan fingerprint density at radius 3 is 0.928 bits per heavy atom. The fraction of sp³-hybridized carbons (Fsp3) is 0.562. The van der Waals surface area contributed by atoms with Crippen molar-refractivity contribution in [1.29, 1.82) is 0 Å². The zero-order valence-corrected chi connectivity index (χ0v) is 53.0. The maximum absolute atomic E-state index is 12.7. The molecule has 2 unspecified atom stereocenters. The smallest absolute Gasteiger partial charge is 0.462 e. The van der Waals surface area contributed by atoms with Crippen LogP contribution in [0.3, 0.4) is 0 Å². The highest BCUT2D eigenvalue weighted by atomic mass is 31.2. The third kappa shape index (κ3) is 66.1. The summed E-state index contributed by atoms with van der Waals surface area (Å²) in [6.07, 6.45) is 99.5. The van der Waals surface area contributed by atoms with Crippen LogP contribution in [0.2, 0.25) is 0 Å². The Bertz CT molecular complexity index is 2010. The van der Waals surface area contributed by atoms with E-state index in [0.29, 0.717) is 12.8 Å². The first-order chi connectivity index (χ1) is 40.8. The molecule has 0 radical (unpaired) electrons. The van der Waals surface area contributed by atoms with Crippen molar-refractivity contribution in [2.24, 2.45) is 5.73 Å². The van der Waals surface area contributed by atoms with E-state index in [4.69, 9.17) is 24.3 Å². The van der Waals surface area contributed by atoms with Gasteiger partial charge in [-0.3, -0.25) is 18.6 Å². The molecule has 2 atom stereocenters. The number of unbranched alkanes of at least 4 members (excludes halogenated alkanes) is 15. The summed E-state index contributed by atoms with van der Waals surface area (Å²) in [6, 6.07) is 0. The number of hydrogen-bond donors (Lipinski definition) is 2. The second-order valence-corrected chi connectivity index (χ2v) is 22.0. The average molecular weight is 1170 g/mol. The first kappa shape index (κ1) is 78.1. The lowest BCUT2D eigenvalue weighted by atomic mass is 10.1. The van der Waals surface area contributed by atoms with E-state index in [9.17, 15) is 19.0 Å². The molecule has 3 N–H and O–H groups in total. The van der Waals surface area contributed by atoms with Crippen LogP contribution in [0.5, 0.6) is 0 Å². The molecule has 0 bridgehead atoms. The molecule has 0 aliphatic carbocycles. The summed E-state index contributed by atoms with van der Waals surface area (Å²) in [6.45, 7) is 3.47. The van der Waals surface area contributed by atoms with Gasteiger partial charge in [-0.1, -0.05) is 267 Å². The summed E-state index contributed by atoms with van der Waals surface area (Å²) in [5, 5.41) is 0. The number of phosphoric ester groups is 1. The molecule has 0 fully saturated rings.